The Kier molecular flexibility index (Phi) is 3.17. The quantitative estimate of drug-likeness (QED) is 0.501. The fraction of sp³-hybridized carbons (Fsp3) is 0.111. The normalized spacial score (nSPS) is 10.7. The molecule has 0 saturated carbocycles. The molecule has 1 aromatic carbocycles. The number of benzene rings is 1. The summed E-state index contributed by atoms with van der Waals surface area (Å²) < 4.78 is 7.58. The van der Waals surface area contributed by atoms with E-state index in [1.165, 1.54) is 0 Å². The first-order valence-electron chi connectivity index (χ1n) is 4.21. The van der Waals surface area contributed by atoms with E-state index in [9.17, 15) is 4.79 Å². The molecule has 0 radical (unpaired) electrons. The molecule has 5 nitrogen and oxygen atoms in total. The van der Waals surface area contributed by atoms with Gasteiger partial charge in [0, 0.05) is 0 Å². The maximum absolute atomic E-state index is 11.6. The molecule has 6 heteroatoms. The Hall–Kier alpha value is -1.15. The number of H-pyrrole nitrogens is 1. The number of fused-ring (bicyclic) bond motifs is 1. The average molecular weight is 318 g/mol. The molecule has 0 bridgehead atoms. The van der Waals surface area contributed by atoms with Gasteiger partial charge in [0.2, 0.25) is 0 Å². The first-order valence-corrected chi connectivity index (χ1v) is 6.17. The summed E-state index contributed by atoms with van der Waals surface area (Å²) in [5.41, 5.74) is 2.33. The molecule has 1 aromatic heterocycles. The van der Waals surface area contributed by atoms with Gasteiger partial charge in [-0.3, -0.25) is 0 Å². The van der Waals surface area contributed by atoms with Crippen LogP contribution < -0.4 is 25.4 Å². The molecular weight excluding hydrogens is 309 g/mol. The third-order valence-corrected chi connectivity index (χ3v) is 3.03. The van der Waals surface area contributed by atoms with Crippen LogP contribution in [0.1, 0.15) is 10.4 Å². The van der Waals surface area contributed by atoms with Crippen LogP contribution in [0.5, 0.6) is 0 Å². The predicted molar refractivity (Wildman–Crippen MR) is 50.6 cm³/mol. The van der Waals surface area contributed by atoms with Gasteiger partial charge in [0.1, 0.15) is 0 Å². The minimum absolute atomic E-state index is 0.110. The molecule has 0 aliphatic heterocycles. The standard InChI is InChI=1S/C9H9IN3O2/c1-15-10-13-9(14)6-2-3-7-8(4-6)12-5-11-7/h2-5H,1H3,(H,11,12)(H,13,14)/q-1. The number of imidazole rings is 1. The summed E-state index contributed by atoms with van der Waals surface area (Å²) in [6.07, 6.45) is 1.61. The van der Waals surface area contributed by atoms with Crippen LogP contribution in [-0.2, 0) is 3.07 Å². The number of hydrogen-bond acceptors (Lipinski definition) is 3. The van der Waals surface area contributed by atoms with Crippen molar-refractivity contribution >= 4 is 16.9 Å². The van der Waals surface area contributed by atoms with Crippen molar-refractivity contribution in [2.24, 2.45) is 0 Å². The van der Waals surface area contributed by atoms with E-state index in [4.69, 9.17) is 3.07 Å². The number of aromatic amines is 1. The topological polar surface area (TPSA) is 67.0 Å². The Labute approximate surface area is 97.4 Å². The zero-order valence-corrected chi connectivity index (χ0v) is 10.1. The van der Waals surface area contributed by atoms with Crippen LogP contribution in [0.3, 0.4) is 0 Å². The van der Waals surface area contributed by atoms with E-state index in [-0.39, 0.29) is 5.91 Å². The van der Waals surface area contributed by atoms with Crippen LogP contribution in [0.15, 0.2) is 24.5 Å². The fourth-order valence-corrected chi connectivity index (χ4v) is 1.94. The summed E-state index contributed by atoms with van der Waals surface area (Å²) in [5, 5.41) is 0. The van der Waals surface area contributed by atoms with Crippen molar-refractivity contribution in [3.8, 4) is 0 Å². The molecule has 1 heterocycles. The number of aromatic nitrogens is 2. The van der Waals surface area contributed by atoms with Crippen molar-refractivity contribution in [1.29, 1.82) is 0 Å². The summed E-state index contributed by atoms with van der Waals surface area (Å²) >= 11 is -0.696. The van der Waals surface area contributed by atoms with Gasteiger partial charge in [-0.15, -0.1) is 0 Å². The van der Waals surface area contributed by atoms with Gasteiger partial charge in [-0.1, -0.05) is 0 Å². The second-order valence-corrected chi connectivity index (χ2v) is 4.65. The minimum atomic E-state index is -0.696. The number of hydrogen-bond donors (Lipinski definition) is 2. The molecule has 0 fully saturated rings. The first kappa shape index (κ1) is 10.4. The third-order valence-electron chi connectivity index (χ3n) is 1.88. The molecular formula is C9H9IN3O2-. The second kappa shape index (κ2) is 4.58. The Balaban J connectivity index is 2.23. The van der Waals surface area contributed by atoms with Crippen molar-refractivity contribution in [2.75, 3.05) is 7.11 Å². The molecule has 0 aliphatic carbocycles. The molecule has 0 saturated heterocycles. The van der Waals surface area contributed by atoms with Gasteiger partial charge >= 0.3 is 97.4 Å². The molecule has 0 aliphatic rings. The van der Waals surface area contributed by atoms with Crippen LogP contribution in [-0.4, -0.2) is 23.0 Å². The number of nitrogens with one attached hydrogen (secondary N) is 2. The molecule has 0 spiro atoms. The molecule has 2 N–H and O–H groups in total. The number of carbonyl (C=O) groups excluding carboxylic acids is 1. The molecule has 15 heavy (non-hydrogen) atoms. The Morgan fingerprint density at radius 2 is 2.47 bits per heavy atom. The summed E-state index contributed by atoms with van der Waals surface area (Å²) in [4.78, 5) is 18.6. The van der Waals surface area contributed by atoms with Crippen molar-refractivity contribution < 1.29 is 29.8 Å². The predicted octanol–water partition coefficient (Wildman–Crippen LogP) is -2.14. The zero-order valence-electron chi connectivity index (χ0n) is 7.95. The van der Waals surface area contributed by atoms with E-state index < -0.39 is 21.9 Å². The number of carbonyl (C=O) groups is 1. The van der Waals surface area contributed by atoms with Gasteiger partial charge in [-0.25, -0.2) is 0 Å². The molecule has 0 atom stereocenters. The molecule has 80 valence electrons. The second-order valence-electron chi connectivity index (χ2n) is 2.79. The van der Waals surface area contributed by atoms with Crippen molar-refractivity contribution in [3.05, 3.63) is 30.1 Å². The Morgan fingerprint density at radius 1 is 1.60 bits per heavy atom. The van der Waals surface area contributed by atoms with Crippen LogP contribution >= 0.6 is 0 Å². The SMILES string of the molecule is CO[I-]NC(=O)c1ccc2nc[nH]c2c1. The van der Waals surface area contributed by atoms with Crippen molar-refractivity contribution in [3.63, 3.8) is 0 Å². The van der Waals surface area contributed by atoms with E-state index in [2.05, 4.69) is 13.5 Å². The van der Waals surface area contributed by atoms with Gasteiger partial charge in [-0.2, -0.15) is 0 Å². The number of rotatable bonds is 3. The van der Waals surface area contributed by atoms with E-state index in [1.54, 1.807) is 25.6 Å². The number of halogens is 1. The Bertz CT molecular complexity index is 483. The molecule has 2 rings (SSSR count). The summed E-state index contributed by atoms with van der Waals surface area (Å²) in [5.74, 6) is -0.110. The summed E-state index contributed by atoms with van der Waals surface area (Å²) in [7, 11) is 1.58. The van der Waals surface area contributed by atoms with Gasteiger partial charge in [0.05, 0.1) is 0 Å². The van der Waals surface area contributed by atoms with Crippen molar-refractivity contribution in [1.82, 2.24) is 13.5 Å². The van der Waals surface area contributed by atoms with Gasteiger partial charge in [0.25, 0.3) is 0 Å². The van der Waals surface area contributed by atoms with Gasteiger partial charge in [-0.05, 0) is 0 Å². The molecule has 1 amide bonds. The van der Waals surface area contributed by atoms with E-state index in [0.29, 0.717) is 5.56 Å². The van der Waals surface area contributed by atoms with Gasteiger partial charge < -0.3 is 0 Å². The Morgan fingerprint density at radius 3 is 3.27 bits per heavy atom. The first-order chi connectivity index (χ1) is 7.31. The van der Waals surface area contributed by atoms with Crippen molar-refractivity contribution in [2.45, 2.75) is 0 Å². The summed E-state index contributed by atoms with van der Waals surface area (Å²) in [6.45, 7) is 0. The maximum atomic E-state index is 11.6. The average Bonchev–Trinajstić information content (AvgIpc) is 2.72. The van der Waals surface area contributed by atoms with E-state index in [0.717, 1.165) is 11.0 Å². The number of nitrogens with zero attached hydrogens (tertiary/aromatic N) is 1. The zero-order chi connectivity index (χ0) is 10.7. The van der Waals surface area contributed by atoms with Crippen LogP contribution in [0.25, 0.3) is 11.0 Å². The molecule has 0 unspecified atom stereocenters. The summed E-state index contributed by atoms with van der Waals surface area (Å²) in [6, 6.07) is 5.33. The number of amides is 1. The van der Waals surface area contributed by atoms with Gasteiger partial charge in [0.15, 0.2) is 0 Å². The van der Waals surface area contributed by atoms with Crippen LogP contribution in [0.4, 0.5) is 0 Å². The van der Waals surface area contributed by atoms with Crippen LogP contribution in [0.2, 0.25) is 0 Å². The van der Waals surface area contributed by atoms with E-state index in [1.807, 2.05) is 6.07 Å². The third kappa shape index (κ3) is 2.26. The van der Waals surface area contributed by atoms with E-state index >= 15 is 0 Å². The van der Waals surface area contributed by atoms with Crippen LogP contribution in [0, 0.1) is 0 Å². The molecule has 2 aromatic rings. The fourth-order valence-electron chi connectivity index (χ4n) is 1.20. The monoisotopic (exact) mass is 318 g/mol.